The molecule has 0 unspecified atom stereocenters. The maximum absolute atomic E-state index is 12.9. The first-order valence-corrected chi connectivity index (χ1v) is 10.2. The number of fused-ring (bicyclic) bond motifs is 4. The lowest BCUT2D eigenvalue weighted by atomic mass is 9.57. The fourth-order valence-electron chi connectivity index (χ4n) is 5.96. The summed E-state index contributed by atoms with van der Waals surface area (Å²) in [5.74, 6) is -4.14. The molecule has 31 heavy (non-hydrogen) atoms. The van der Waals surface area contributed by atoms with Crippen LogP contribution in [-0.4, -0.2) is 43.0 Å². The van der Waals surface area contributed by atoms with Crippen molar-refractivity contribution in [2.45, 2.75) is 18.8 Å². The van der Waals surface area contributed by atoms with E-state index in [4.69, 9.17) is 9.47 Å². The second-order valence-corrected chi connectivity index (χ2v) is 8.50. The van der Waals surface area contributed by atoms with Crippen LogP contribution in [0.1, 0.15) is 24.3 Å². The lowest BCUT2D eigenvalue weighted by Gasteiger charge is -2.44. The smallest absolute Gasteiger partial charge is 0.231 e. The van der Waals surface area contributed by atoms with Crippen LogP contribution in [0.15, 0.2) is 23.8 Å². The molecular weight excluding hydrogens is 404 g/mol. The molecule has 2 aliphatic carbocycles. The maximum Gasteiger partial charge on any atom is 0.231 e. The molecular formula is C22H22N2O7. The Balaban J connectivity index is 1.73. The zero-order chi connectivity index (χ0) is 22.0. The Morgan fingerprint density at radius 3 is 2.03 bits per heavy atom. The number of imide groups is 2. The van der Waals surface area contributed by atoms with Gasteiger partial charge in [0.05, 0.1) is 37.9 Å². The summed E-state index contributed by atoms with van der Waals surface area (Å²) in [4.78, 5) is 50.4. The molecule has 6 atom stereocenters. The molecule has 0 aromatic heterocycles. The number of methoxy groups -OCH3 is 2. The van der Waals surface area contributed by atoms with Crippen LogP contribution in [0.2, 0.25) is 0 Å². The monoisotopic (exact) mass is 426 g/mol. The second-order valence-electron chi connectivity index (χ2n) is 8.50. The number of phenolic OH excluding ortho intramolecular Hbond substituents is 1. The van der Waals surface area contributed by atoms with Crippen LogP contribution >= 0.6 is 0 Å². The van der Waals surface area contributed by atoms with Crippen LogP contribution in [0.5, 0.6) is 17.2 Å². The molecule has 9 heteroatoms. The number of phenols is 1. The molecule has 0 bridgehead atoms. The van der Waals surface area contributed by atoms with Crippen LogP contribution in [0.3, 0.4) is 0 Å². The van der Waals surface area contributed by atoms with E-state index in [0.717, 1.165) is 5.57 Å². The Morgan fingerprint density at radius 2 is 1.42 bits per heavy atom. The summed E-state index contributed by atoms with van der Waals surface area (Å²) in [6.45, 7) is 0. The molecule has 0 spiro atoms. The number of amides is 4. The number of nitrogens with one attached hydrogen (secondary N) is 2. The summed E-state index contributed by atoms with van der Waals surface area (Å²) >= 11 is 0. The quantitative estimate of drug-likeness (QED) is 0.477. The van der Waals surface area contributed by atoms with E-state index in [9.17, 15) is 24.3 Å². The third-order valence-electron chi connectivity index (χ3n) is 7.17. The van der Waals surface area contributed by atoms with Gasteiger partial charge in [-0.2, -0.15) is 0 Å². The van der Waals surface area contributed by atoms with Crippen molar-refractivity contribution in [2.24, 2.45) is 29.6 Å². The van der Waals surface area contributed by atoms with E-state index < -0.39 is 29.6 Å². The number of benzene rings is 1. The van der Waals surface area contributed by atoms with Crippen molar-refractivity contribution in [2.75, 3.05) is 14.2 Å². The lowest BCUT2D eigenvalue weighted by molar-refractivity contribution is -0.128. The minimum Gasteiger partial charge on any atom is -0.508 e. The maximum atomic E-state index is 12.9. The zero-order valence-corrected chi connectivity index (χ0v) is 17.0. The zero-order valence-electron chi connectivity index (χ0n) is 17.0. The van der Waals surface area contributed by atoms with Gasteiger partial charge in [-0.05, 0) is 18.8 Å². The third-order valence-corrected chi connectivity index (χ3v) is 7.17. The third kappa shape index (κ3) is 2.68. The van der Waals surface area contributed by atoms with Gasteiger partial charge in [0.1, 0.15) is 17.2 Å². The summed E-state index contributed by atoms with van der Waals surface area (Å²) in [5, 5.41) is 14.9. The van der Waals surface area contributed by atoms with E-state index in [1.54, 1.807) is 0 Å². The topological polar surface area (TPSA) is 131 Å². The summed E-state index contributed by atoms with van der Waals surface area (Å²) in [5.41, 5.74) is 1.38. The van der Waals surface area contributed by atoms with Crippen LogP contribution < -0.4 is 20.1 Å². The van der Waals surface area contributed by atoms with Crippen molar-refractivity contribution in [3.63, 3.8) is 0 Å². The van der Waals surface area contributed by atoms with Gasteiger partial charge >= 0.3 is 0 Å². The molecule has 3 fully saturated rings. The average Bonchev–Trinajstić information content (AvgIpc) is 3.20. The molecule has 4 amide bonds. The SMILES string of the molecule is COc1cc(O)cc(OC)c1[C@H]1C2=CC[C@@H]3C(=O)NC(=O)[C@@H]3[C@@H]2C[C@H]2C(=O)NC(=O)[C@@H]12. The summed E-state index contributed by atoms with van der Waals surface area (Å²) in [6, 6.07) is 2.87. The largest absolute Gasteiger partial charge is 0.508 e. The van der Waals surface area contributed by atoms with E-state index in [0.29, 0.717) is 29.9 Å². The van der Waals surface area contributed by atoms with E-state index in [1.165, 1.54) is 26.4 Å². The van der Waals surface area contributed by atoms with Crippen molar-refractivity contribution in [3.05, 3.63) is 29.3 Å². The fourth-order valence-corrected chi connectivity index (χ4v) is 5.96. The van der Waals surface area contributed by atoms with Crippen molar-refractivity contribution >= 4 is 23.6 Å². The van der Waals surface area contributed by atoms with Gasteiger partial charge in [0, 0.05) is 23.6 Å². The van der Waals surface area contributed by atoms with Crippen molar-refractivity contribution in [1.29, 1.82) is 0 Å². The lowest BCUT2D eigenvalue weighted by Crippen LogP contribution is -2.43. The van der Waals surface area contributed by atoms with Crippen LogP contribution in [0.25, 0.3) is 0 Å². The molecule has 2 heterocycles. The average molecular weight is 426 g/mol. The number of carbonyl (C=O) groups excluding carboxylic acids is 4. The van der Waals surface area contributed by atoms with Crippen molar-refractivity contribution in [3.8, 4) is 17.2 Å². The molecule has 5 rings (SSSR count). The van der Waals surface area contributed by atoms with Gasteiger partial charge in [-0.25, -0.2) is 0 Å². The number of hydrogen-bond acceptors (Lipinski definition) is 7. The molecule has 1 aromatic carbocycles. The highest BCUT2D eigenvalue weighted by molar-refractivity contribution is 6.07. The molecule has 162 valence electrons. The van der Waals surface area contributed by atoms with Gasteiger partial charge in [0.25, 0.3) is 0 Å². The highest BCUT2D eigenvalue weighted by Gasteiger charge is 2.59. The molecule has 4 aliphatic rings. The molecule has 0 radical (unpaired) electrons. The van der Waals surface area contributed by atoms with Crippen molar-refractivity contribution in [1.82, 2.24) is 10.6 Å². The number of carbonyl (C=O) groups is 4. The van der Waals surface area contributed by atoms with Crippen LogP contribution in [-0.2, 0) is 19.2 Å². The molecule has 3 N–H and O–H groups in total. The number of aromatic hydroxyl groups is 1. The summed E-state index contributed by atoms with van der Waals surface area (Å²) < 4.78 is 11.0. The van der Waals surface area contributed by atoms with Crippen molar-refractivity contribution < 1.29 is 33.8 Å². The number of allylic oxidation sites excluding steroid dienone is 2. The number of hydrogen-bond donors (Lipinski definition) is 3. The number of rotatable bonds is 3. The predicted molar refractivity (Wildman–Crippen MR) is 105 cm³/mol. The van der Waals surface area contributed by atoms with Gasteiger partial charge in [-0.3, -0.25) is 29.8 Å². The highest BCUT2D eigenvalue weighted by atomic mass is 16.5. The normalized spacial score (nSPS) is 33.7. The number of ether oxygens (including phenoxy) is 2. The molecule has 2 aliphatic heterocycles. The predicted octanol–water partition coefficient (Wildman–Crippen LogP) is 0.621. The molecule has 1 aromatic rings. The van der Waals surface area contributed by atoms with Gasteiger partial charge < -0.3 is 14.6 Å². The van der Waals surface area contributed by atoms with E-state index in [2.05, 4.69) is 10.6 Å². The molecule has 2 saturated heterocycles. The van der Waals surface area contributed by atoms with Crippen LogP contribution in [0.4, 0.5) is 0 Å². The van der Waals surface area contributed by atoms with Gasteiger partial charge in [0.2, 0.25) is 23.6 Å². The van der Waals surface area contributed by atoms with Gasteiger partial charge in [-0.1, -0.05) is 11.6 Å². The first-order chi connectivity index (χ1) is 14.8. The van der Waals surface area contributed by atoms with E-state index >= 15 is 0 Å². The van der Waals surface area contributed by atoms with E-state index in [-0.39, 0.29) is 35.3 Å². The van der Waals surface area contributed by atoms with E-state index in [1.807, 2.05) is 6.08 Å². The highest BCUT2D eigenvalue weighted by Crippen LogP contribution is 2.58. The summed E-state index contributed by atoms with van der Waals surface area (Å²) in [7, 11) is 2.90. The Labute approximate surface area is 177 Å². The first-order valence-electron chi connectivity index (χ1n) is 10.2. The summed E-state index contributed by atoms with van der Waals surface area (Å²) in [6.07, 6.45) is 2.61. The first kappa shape index (κ1) is 19.6. The standard InChI is InChI=1S/C22H22N2O7/c1-30-13-5-8(25)6-14(31-2)18(13)16-9-3-4-10-15(21(28)23-19(10)26)11(9)7-12-17(16)22(29)24-20(12)27/h3,5-6,10-12,15-17,25H,4,7H2,1-2H3,(H,23,26,28)(H,24,27,29)/t10-,11+,12+,15-,16-,17+/m0/s1. The Kier molecular flexibility index (Phi) is 4.32. The second kappa shape index (κ2) is 6.83. The van der Waals surface area contributed by atoms with Gasteiger partial charge in [-0.15, -0.1) is 0 Å². The minimum absolute atomic E-state index is 0.0632. The fraction of sp³-hybridized carbons (Fsp3) is 0.455. The molecule has 9 nitrogen and oxygen atoms in total. The Morgan fingerprint density at radius 1 is 0.839 bits per heavy atom. The Hall–Kier alpha value is -3.36. The van der Waals surface area contributed by atoms with Gasteiger partial charge in [0.15, 0.2) is 0 Å². The van der Waals surface area contributed by atoms with Crippen LogP contribution in [0, 0.1) is 29.6 Å². The molecule has 1 saturated carbocycles. The minimum atomic E-state index is -0.695. The Bertz CT molecular complexity index is 1040.